The Morgan fingerprint density at radius 1 is 1.50 bits per heavy atom. The molecule has 0 aliphatic rings. The van der Waals surface area contributed by atoms with Crippen LogP contribution in [0.15, 0.2) is 18.3 Å². The highest BCUT2D eigenvalue weighted by Gasteiger charge is 1.90. The molecule has 0 amide bonds. The zero-order valence-corrected chi connectivity index (χ0v) is 7.83. The third-order valence-corrected chi connectivity index (χ3v) is 1.23. The van der Waals surface area contributed by atoms with Gasteiger partial charge in [0.15, 0.2) is 0 Å². The zero-order chi connectivity index (χ0) is 9.40. The summed E-state index contributed by atoms with van der Waals surface area (Å²) in [7, 11) is 0. The quantitative estimate of drug-likeness (QED) is 0.636. The Labute approximate surface area is 73.9 Å². The van der Waals surface area contributed by atoms with Gasteiger partial charge in [0.1, 0.15) is 0 Å². The molecule has 0 aromatic carbocycles. The molecule has 0 bridgehead atoms. The molecular weight excluding hydrogens is 148 g/mol. The van der Waals surface area contributed by atoms with Crippen molar-refractivity contribution < 1.29 is 0 Å². The van der Waals surface area contributed by atoms with Crippen LogP contribution in [0.3, 0.4) is 0 Å². The number of nitrogens with zero attached hydrogens (tertiary/aromatic N) is 2. The fraction of sp³-hybridized carbons (Fsp3) is 0.400. The molecule has 64 valence electrons. The lowest BCUT2D eigenvalue weighted by Crippen LogP contribution is -1.86. The van der Waals surface area contributed by atoms with Gasteiger partial charge in [-0.2, -0.15) is 5.26 Å². The minimum Gasteiger partial charge on any atom is -0.260 e. The summed E-state index contributed by atoms with van der Waals surface area (Å²) in [5, 5.41) is 8.32. The molecule has 2 nitrogen and oxygen atoms in total. The lowest BCUT2D eigenvalue weighted by atomic mass is 10.2. The molecule has 2 heteroatoms. The molecule has 1 rings (SSSR count). The maximum absolute atomic E-state index is 8.32. The van der Waals surface area contributed by atoms with E-state index < -0.39 is 0 Å². The van der Waals surface area contributed by atoms with E-state index in [2.05, 4.69) is 4.98 Å². The minimum absolute atomic E-state index is 0.404. The maximum atomic E-state index is 8.32. The van der Waals surface area contributed by atoms with E-state index in [1.807, 2.05) is 39.0 Å². The summed E-state index contributed by atoms with van der Waals surface area (Å²) in [5.41, 5.74) is 2.00. The highest BCUT2D eigenvalue weighted by Crippen LogP contribution is 1.99. The highest BCUT2D eigenvalue weighted by molar-refractivity contribution is 5.16. The van der Waals surface area contributed by atoms with E-state index in [0.29, 0.717) is 6.42 Å². The molecule has 0 aliphatic carbocycles. The highest BCUT2D eigenvalue weighted by atomic mass is 14.7. The van der Waals surface area contributed by atoms with Crippen LogP contribution in [0.1, 0.15) is 25.1 Å². The fourth-order valence-electron chi connectivity index (χ4n) is 0.776. The standard InChI is InChI=1S/C8H8N2.C2H6/c1-7-3-5-10-8(6-7)2-4-9;1-2/h3,5-6H,2H2,1H3;1-2H3. The summed E-state index contributed by atoms with van der Waals surface area (Å²) in [6.45, 7) is 5.99. The predicted molar refractivity (Wildman–Crippen MR) is 49.6 cm³/mol. The number of pyridine rings is 1. The first-order chi connectivity index (χ1) is 5.83. The van der Waals surface area contributed by atoms with Crippen molar-refractivity contribution in [1.82, 2.24) is 4.98 Å². The average molecular weight is 162 g/mol. The predicted octanol–water partition coefficient (Wildman–Crippen LogP) is 2.48. The number of aromatic nitrogens is 1. The number of hydrogen-bond acceptors (Lipinski definition) is 2. The molecule has 0 aliphatic heterocycles. The van der Waals surface area contributed by atoms with Crippen LogP contribution in [-0.2, 0) is 6.42 Å². The summed E-state index contributed by atoms with van der Waals surface area (Å²) >= 11 is 0. The molecule has 0 spiro atoms. The summed E-state index contributed by atoms with van der Waals surface area (Å²) in [5.74, 6) is 0. The molecule has 0 saturated carbocycles. The van der Waals surface area contributed by atoms with Crippen molar-refractivity contribution in [2.45, 2.75) is 27.2 Å². The molecule has 1 heterocycles. The van der Waals surface area contributed by atoms with Crippen LogP contribution in [0.25, 0.3) is 0 Å². The van der Waals surface area contributed by atoms with Gasteiger partial charge in [-0.3, -0.25) is 4.98 Å². The first-order valence-electron chi connectivity index (χ1n) is 4.11. The second-order valence-corrected chi connectivity index (χ2v) is 2.16. The lowest BCUT2D eigenvalue weighted by Gasteiger charge is -1.93. The van der Waals surface area contributed by atoms with Crippen LogP contribution in [-0.4, -0.2) is 4.98 Å². The van der Waals surface area contributed by atoms with Crippen LogP contribution in [0.2, 0.25) is 0 Å². The topological polar surface area (TPSA) is 36.7 Å². The van der Waals surface area contributed by atoms with Crippen molar-refractivity contribution in [3.63, 3.8) is 0 Å². The Morgan fingerprint density at radius 2 is 2.17 bits per heavy atom. The van der Waals surface area contributed by atoms with Crippen LogP contribution in [0.5, 0.6) is 0 Å². The van der Waals surface area contributed by atoms with E-state index in [9.17, 15) is 0 Å². The van der Waals surface area contributed by atoms with Gasteiger partial charge in [-0.25, -0.2) is 0 Å². The minimum atomic E-state index is 0.404. The van der Waals surface area contributed by atoms with Crippen molar-refractivity contribution in [3.05, 3.63) is 29.6 Å². The van der Waals surface area contributed by atoms with E-state index in [4.69, 9.17) is 5.26 Å². The van der Waals surface area contributed by atoms with Crippen LogP contribution in [0, 0.1) is 18.3 Å². The molecule has 0 atom stereocenters. The number of aryl methyl sites for hydroxylation is 1. The Morgan fingerprint density at radius 3 is 2.67 bits per heavy atom. The number of rotatable bonds is 1. The van der Waals surface area contributed by atoms with Crippen molar-refractivity contribution >= 4 is 0 Å². The molecule has 0 fully saturated rings. The molecule has 0 saturated heterocycles. The summed E-state index contributed by atoms with van der Waals surface area (Å²) < 4.78 is 0. The van der Waals surface area contributed by atoms with Crippen molar-refractivity contribution in [2.24, 2.45) is 0 Å². The fourth-order valence-corrected chi connectivity index (χ4v) is 0.776. The second kappa shape index (κ2) is 6.36. The molecule has 1 aromatic rings. The third-order valence-electron chi connectivity index (χ3n) is 1.23. The summed E-state index contributed by atoms with van der Waals surface area (Å²) in [4.78, 5) is 4.01. The Kier molecular flexibility index (Phi) is 5.64. The van der Waals surface area contributed by atoms with Gasteiger partial charge in [0.25, 0.3) is 0 Å². The molecule has 0 unspecified atom stereocenters. The Balaban J connectivity index is 0.000000561. The molecule has 12 heavy (non-hydrogen) atoms. The van der Waals surface area contributed by atoms with Gasteiger partial charge in [-0.15, -0.1) is 0 Å². The van der Waals surface area contributed by atoms with Gasteiger partial charge in [0.2, 0.25) is 0 Å². The van der Waals surface area contributed by atoms with E-state index >= 15 is 0 Å². The van der Waals surface area contributed by atoms with Gasteiger partial charge >= 0.3 is 0 Å². The Bertz CT molecular complexity index is 261. The molecule has 0 N–H and O–H groups in total. The van der Waals surface area contributed by atoms with E-state index in [0.717, 1.165) is 11.3 Å². The smallest absolute Gasteiger partial charge is 0.0774 e. The van der Waals surface area contributed by atoms with Gasteiger partial charge < -0.3 is 0 Å². The first-order valence-corrected chi connectivity index (χ1v) is 4.11. The van der Waals surface area contributed by atoms with Gasteiger partial charge in [-0.1, -0.05) is 13.8 Å². The van der Waals surface area contributed by atoms with Gasteiger partial charge in [0.05, 0.1) is 18.2 Å². The number of nitriles is 1. The summed E-state index contributed by atoms with van der Waals surface area (Å²) in [6.07, 6.45) is 2.13. The maximum Gasteiger partial charge on any atom is 0.0774 e. The van der Waals surface area contributed by atoms with Gasteiger partial charge in [0, 0.05) is 6.20 Å². The monoisotopic (exact) mass is 162 g/mol. The second-order valence-electron chi connectivity index (χ2n) is 2.16. The van der Waals surface area contributed by atoms with Crippen molar-refractivity contribution in [2.75, 3.05) is 0 Å². The lowest BCUT2D eigenvalue weighted by molar-refractivity contribution is 1.10. The van der Waals surface area contributed by atoms with Crippen LogP contribution >= 0.6 is 0 Å². The zero-order valence-electron chi connectivity index (χ0n) is 7.83. The summed E-state index contributed by atoms with van der Waals surface area (Å²) in [6, 6.07) is 5.89. The van der Waals surface area contributed by atoms with Crippen molar-refractivity contribution in [1.29, 1.82) is 5.26 Å². The van der Waals surface area contributed by atoms with Crippen molar-refractivity contribution in [3.8, 4) is 6.07 Å². The van der Waals surface area contributed by atoms with Gasteiger partial charge in [-0.05, 0) is 24.6 Å². The molecular formula is C10H14N2. The molecule has 1 aromatic heterocycles. The van der Waals surface area contributed by atoms with E-state index in [1.54, 1.807) is 6.20 Å². The van der Waals surface area contributed by atoms with E-state index in [-0.39, 0.29) is 0 Å². The largest absolute Gasteiger partial charge is 0.260 e. The van der Waals surface area contributed by atoms with E-state index in [1.165, 1.54) is 0 Å². The SMILES string of the molecule is CC.Cc1ccnc(CC#N)c1. The first kappa shape index (κ1) is 10.6. The Hall–Kier alpha value is -1.36. The average Bonchev–Trinajstić information content (AvgIpc) is 2.09. The normalized spacial score (nSPS) is 7.83. The molecule has 0 radical (unpaired) electrons. The van der Waals surface area contributed by atoms with Crippen LogP contribution < -0.4 is 0 Å². The third kappa shape index (κ3) is 3.72. The van der Waals surface area contributed by atoms with Crippen LogP contribution in [0.4, 0.5) is 0 Å². The number of hydrogen-bond donors (Lipinski definition) is 0.